The highest BCUT2D eigenvalue weighted by molar-refractivity contribution is 5.95. The van der Waals surface area contributed by atoms with E-state index in [0.717, 1.165) is 22.9 Å². The third-order valence-corrected chi connectivity index (χ3v) is 5.88. The van der Waals surface area contributed by atoms with Crippen LogP contribution in [0.3, 0.4) is 0 Å². The summed E-state index contributed by atoms with van der Waals surface area (Å²) in [4.78, 5) is 49.9. The van der Waals surface area contributed by atoms with E-state index >= 15 is 0 Å². The number of benzene rings is 3. The SMILES string of the molecule is CC(C)[C@H](NC(=O)COc1cccc2ccccc12)C(=O)N[C@@H](CC(=O)O)C(=O)COc1cccc(OC(F)(F)F)c1. The minimum atomic E-state index is -4.93. The van der Waals surface area contributed by atoms with Crippen molar-refractivity contribution in [1.82, 2.24) is 10.6 Å². The van der Waals surface area contributed by atoms with Crippen molar-refractivity contribution >= 4 is 34.3 Å². The lowest BCUT2D eigenvalue weighted by Gasteiger charge is -2.24. The Kier molecular flexibility index (Phi) is 10.7. The number of ketones is 1. The Morgan fingerprint density at radius 2 is 1.52 bits per heavy atom. The second-order valence-corrected chi connectivity index (χ2v) is 9.49. The van der Waals surface area contributed by atoms with E-state index in [-0.39, 0.29) is 5.75 Å². The summed E-state index contributed by atoms with van der Waals surface area (Å²) in [5.41, 5.74) is 0. The van der Waals surface area contributed by atoms with Crippen molar-refractivity contribution in [3.05, 3.63) is 66.7 Å². The lowest BCUT2D eigenvalue weighted by atomic mass is 10.0. The van der Waals surface area contributed by atoms with E-state index in [1.54, 1.807) is 26.0 Å². The number of carboxylic acids is 1. The van der Waals surface area contributed by atoms with Crippen LogP contribution in [-0.4, -0.2) is 60.3 Å². The maximum atomic E-state index is 13.0. The number of fused-ring (bicyclic) bond motifs is 1. The maximum Gasteiger partial charge on any atom is 0.573 e. The second kappa shape index (κ2) is 14.2. The summed E-state index contributed by atoms with van der Waals surface area (Å²) in [6.07, 6.45) is -5.73. The molecule has 2 amide bonds. The van der Waals surface area contributed by atoms with Gasteiger partial charge in [-0.2, -0.15) is 0 Å². The molecule has 2 atom stereocenters. The first-order valence-electron chi connectivity index (χ1n) is 12.8. The minimum Gasteiger partial charge on any atom is -0.486 e. The van der Waals surface area contributed by atoms with Crippen LogP contribution in [0, 0.1) is 5.92 Å². The van der Waals surface area contributed by atoms with Crippen molar-refractivity contribution in [2.24, 2.45) is 5.92 Å². The van der Waals surface area contributed by atoms with E-state index in [9.17, 15) is 37.5 Å². The van der Waals surface area contributed by atoms with E-state index in [0.29, 0.717) is 5.75 Å². The Labute approximate surface area is 238 Å². The number of carbonyl (C=O) groups excluding carboxylic acids is 3. The largest absolute Gasteiger partial charge is 0.573 e. The zero-order valence-corrected chi connectivity index (χ0v) is 22.6. The average Bonchev–Trinajstić information content (AvgIpc) is 2.91. The van der Waals surface area contributed by atoms with Gasteiger partial charge in [0.05, 0.1) is 6.42 Å². The lowest BCUT2D eigenvalue weighted by Crippen LogP contribution is -2.55. The fourth-order valence-electron chi connectivity index (χ4n) is 3.91. The van der Waals surface area contributed by atoms with Crippen LogP contribution in [-0.2, 0) is 19.2 Å². The first-order valence-corrected chi connectivity index (χ1v) is 12.8. The van der Waals surface area contributed by atoms with Crippen molar-refractivity contribution in [2.75, 3.05) is 13.2 Å². The summed E-state index contributed by atoms with van der Waals surface area (Å²) >= 11 is 0. The second-order valence-electron chi connectivity index (χ2n) is 9.49. The van der Waals surface area contributed by atoms with Gasteiger partial charge in [-0.1, -0.05) is 56.3 Å². The van der Waals surface area contributed by atoms with E-state index in [1.807, 2.05) is 30.3 Å². The molecule has 3 N–H and O–H groups in total. The monoisotopic (exact) mass is 590 g/mol. The van der Waals surface area contributed by atoms with Gasteiger partial charge in [0.1, 0.15) is 35.9 Å². The van der Waals surface area contributed by atoms with E-state index in [2.05, 4.69) is 15.4 Å². The van der Waals surface area contributed by atoms with Gasteiger partial charge in [-0.3, -0.25) is 19.2 Å². The van der Waals surface area contributed by atoms with E-state index in [4.69, 9.17) is 9.47 Å². The molecule has 0 saturated heterocycles. The molecule has 3 aromatic rings. The van der Waals surface area contributed by atoms with Gasteiger partial charge in [-0.25, -0.2) is 0 Å². The summed E-state index contributed by atoms with van der Waals surface area (Å²) in [6.45, 7) is 2.12. The zero-order chi connectivity index (χ0) is 30.9. The normalized spacial score (nSPS) is 12.7. The van der Waals surface area contributed by atoms with Crippen LogP contribution in [0.5, 0.6) is 17.2 Å². The fraction of sp³-hybridized carbons (Fsp3) is 0.310. The standard InChI is InChI=1S/C29H29F3N2O8/c1-17(2)27(34-25(36)16-41-24-12-5-8-18-7-3-4-11-21(18)24)28(39)33-22(14-26(37)38)23(35)15-40-19-9-6-10-20(13-19)42-29(30,31)32/h3-13,17,22,27H,14-16H2,1-2H3,(H,33,39)(H,34,36)(H,37,38)/t22-,27-/m0/s1. The van der Waals surface area contributed by atoms with Gasteiger partial charge >= 0.3 is 12.3 Å². The number of carboxylic acid groups (broad SMARTS) is 1. The van der Waals surface area contributed by atoms with E-state index in [1.165, 1.54) is 12.1 Å². The molecule has 0 aromatic heterocycles. The Bertz CT molecular complexity index is 1420. The number of nitrogens with one attached hydrogen (secondary N) is 2. The quantitative estimate of drug-likeness (QED) is 0.257. The van der Waals surface area contributed by atoms with Gasteiger partial charge in [0, 0.05) is 11.5 Å². The summed E-state index contributed by atoms with van der Waals surface area (Å²) in [7, 11) is 0. The molecule has 42 heavy (non-hydrogen) atoms. The molecule has 3 aromatic carbocycles. The number of hydrogen-bond acceptors (Lipinski definition) is 7. The molecule has 0 saturated carbocycles. The molecule has 0 fully saturated rings. The Hall–Kier alpha value is -4.81. The molecule has 0 radical (unpaired) electrons. The van der Waals surface area contributed by atoms with Gasteiger partial charge < -0.3 is 30.0 Å². The number of alkyl halides is 3. The van der Waals surface area contributed by atoms with Crippen molar-refractivity contribution in [3.63, 3.8) is 0 Å². The molecular weight excluding hydrogens is 561 g/mol. The zero-order valence-electron chi connectivity index (χ0n) is 22.6. The Morgan fingerprint density at radius 1 is 0.857 bits per heavy atom. The van der Waals surface area contributed by atoms with Gasteiger partial charge in [0.2, 0.25) is 5.91 Å². The third kappa shape index (κ3) is 9.68. The maximum absolute atomic E-state index is 13.0. The summed E-state index contributed by atoms with van der Waals surface area (Å²) in [5, 5.41) is 15.9. The van der Waals surface area contributed by atoms with Crippen LogP contribution in [0.4, 0.5) is 13.2 Å². The molecule has 3 rings (SSSR count). The van der Waals surface area contributed by atoms with Crippen LogP contribution in [0.1, 0.15) is 20.3 Å². The van der Waals surface area contributed by atoms with Crippen molar-refractivity contribution in [3.8, 4) is 17.2 Å². The van der Waals surface area contributed by atoms with Crippen LogP contribution in [0.25, 0.3) is 10.8 Å². The smallest absolute Gasteiger partial charge is 0.486 e. The highest BCUT2D eigenvalue weighted by Crippen LogP contribution is 2.26. The van der Waals surface area contributed by atoms with E-state index < -0.39 is 73.3 Å². The predicted molar refractivity (Wildman–Crippen MR) is 144 cm³/mol. The Balaban J connectivity index is 1.61. The molecular formula is C29H29F3N2O8. The summed E-state index contributed by atoms with van der Waals surface area (Å²) in [5.74, 6) is -4.42. The highest BCUT2D eigenvalue weighted by atomic mass is 19.4. The number of rotatable bonds is 14. The fourth-order valence-corrected chi connectivity index (χ4v) is 3.91. The molecule has 0 aliphatic carbocycles. The third-order valence-electron chi connectivity index (χ3n) is 5.88. The van der Waals surface area contributed by atoms with Crippen molar-refractivity contribution < 1.29 is 51.7 Å². The van der Waals surface area contributed by atoms with Gasteiger partial charge in [0.25, 0.3) is 5.91 Å². The molecule has 0 heterocycles. The average molecular weight is 591 g/mol. The summed E-state index contributed by atoms with van der Waals surface area (Å²) < 4.78 is 52.1. The molecule has 0 unspecified atom stereocenters. The lowest BCUT2D eigenvalue weighted by molar-refractivity contribution is -0.274. The number of halogens is 3. The van der Waals surface area contributed by atoms with Crippen LogP contribution < -0.4 is 24.8 Å². The predicted octanol–water partition coefficient (Wildman–Crippen LogP) is 3.87. The van der Waals surface area contributed by atoms with Gasteiger partial charge in [0.15, 0.2) is 12.4 Å². The molecule has 224 valence electrons. The molecule has 10 nitrogen and oxygen atoms in total. The van der Waals surface area contributed by atoms with Crippen molar-refractivity contribution in [2.45, 2.75) is 38.7 Å². The highest BCUT2D eigenvalue weighted by Gasteiger charge is 2.32. The molecule has 0 bridgehead atoms. The van der Waals surface area contributed by atoms with Gasteiger partial charge in [-0.15, -0.1) is 13.2 Å². The Morgan fingerprint density at radius 3 is 2.21 bits per heavy atom. The van der Waals surface area contributed by atoms with Crippen molar-refractivity contribution in [1.29, 1.82) is 0 Å². The molecule has 0 aliphatic heterocycles. The van der Waals surface area contributed by atoms with Gasteiger partial charge in [-0.05, 0) is 29.5 Å². The van der Waals surface area contributed by atoms with Crippen LogP contribution >= 0.6 is 0 Å². The first-order chi connectivity index (χ1) is 19.8. The number of hydrogen-bond donors (Lipinski definition) is 3. The first kappa shape index (κ1) is 31.7. The number of aliphatic carboxylic acids is 1. The number of carbonyl (C=O) groups is 4. The van der Waals surface area contributed by atoms with Crippen LogP contribution in [0.15, 0.2) is 66.7 Å². The number of Topliss-reactive ketones (excluding diaryl/α,β-unsaturated/α-hetero) is 1. The number of amides is 2. The molecule has 0 spiro atoms. The molecule has 0 aliphatic rings. The summed E-state index contributed by atoms with van der Waals surface area (Å²) in [6, 6.07) is 14.5. The molecule has 13 heteroatoms. The van der Waals surface area contributed by atoms with Crippen LogP contribution in [0.2, 0.25) is 0 Å². The topological polar surface area (TPSA) is 140 Å². The minimum absolute atomic E-state index is 0.149. The number of ether oxygens (including phenoxy) is 3.